The summed E-state index contributed by atoms with van der Waals surface area (Å²) in [6, 6.07) is 0. The molecule has 5 heteroatoms. The Hall–Kier alpha value is 0.290. The summed E-state index contributed by atoms with van der Waals surface area (Å²) in [5, 5.41) is 0.0486. The summed E-state index contributed by atoms with van der Waals surface area (Å²) in [4.78, 5) is 0. The van der Waals surface area contributed by atoms with E-state index in [4.69, 9.17) is 9.11 Å². The van der Waals surface area contributed by atoms with Crippen LogP contribution >= 0.6 is 0 Å². The number of rotatable bonds is 3. The van der Waals surface area contributed by atoms with Gasteiger partial charge in [0, 0.05) is 6.42 Å². The molecule has 0 heterocycles. The van der Waals surface area contributed by atoms with Crippen LogP contribution in [0.5, 0.6) is 0 Å². The largest absolute Gasteiger partial charge is 0.430 e. The Labute approximate surface area is 65.1 Å². The van der Waals surface area contributed by atoms with Gasteiger partial charge in [-0.2, -0.15) is 4.21 Å². The average molecular weight is 185 g/mol. The summed E-state index contributed by atoms with van der Waals surface area (Å²) in [6.07, 6.45) is 1.81. The first-order chi connectivity index (χ1) is 4.45. The highest BCUT2D eigenvalue weighted by Gasteiger charge is 2.17. The minimum atomic E-state index is -3.58. The predicted molar refractivity (Wildman–Crippen MR) is 45.1 cm³/mol. The normalized spacial score (nSPS) is 14.8. The van der Waals surface area contributed by atoms with Crippen molar-refractivity contribution in [1.29, 1.82) is 0 Å². The van der Waals surface area contributed by atoms with Crippen molar-refractivity contribution in [2.75, 3.05) is 0 Å². The van der Waals surface area contributed by atoms with Crippen LogP contribution in [-0.2, 0) is 19.4 Å². The Kier molecular flexibility index (Phi) is 4.35. The molecule has 0 spiro atoms. The van der Waals surface area contributed by atoms with Crippen LogP contribution in [0.4, 0.5) is 0 Å². The van der Waals surface area contributed by atoms with E-state index in [2.05, 4.69) is 0 Å². The molecular weight excluding hydrogens is 172 g/mol. The molecule has 0 radical (unpaired) electrons. The van der Waals surface area contributed by atoms with E-state index in [1.54, 1.807) is 0 Å². The maximum absolute atomic E-state index is 10.3. The van der Waals surface area contributed by atoms with Crippen molar-refractivity contribution in [2.45, 2.75) is 31.9 Å². The number of hydrogen-bond donors (Lipinski definition) is 2. The topological polar surface area (TPSA) is 57.5 Å². The first-order valence-electron chi connectivity index (χ1n) is 3.13. The molecule has 0 saturated carbocycles. The second-order valence-electron chi connectivity index (χ2n) is 2.14. The lowest BCUT2D eigenvalue weighted by Crippen LogP contribution is -2.06. The Morgan fingerprint density at radius 1 is 1.60 bits per heavy atom. The van der Waals surface area contributed by atoms with Gasteiger partial charge in [-0.25, -0.2) is 0 Å². The maximum atomic E-state index is 10.3. The SMILES string of the molecule is CCCC(C)[S+]=S(=O)(O)O. The monoisotopic (exact) mass is 185 g/mol. The first-order valence-corrected chi connectivity index (χ1v) is 6.00. The molecule has 0 aliphatic carbocycles. The third-order valence-electron chi connectivity index (χ3n) is 0.985. The van der Waals surface area contributed by atoms with Crippen molar-refractivity contribution < 1.29 is 13.3 Å². The lowest BCUT2D eigenvalue weighted by molar-refractivity contribution is 0.450. The first kappa shape index (κ1) is 10.3. The average Bonchev–Trinajstić information content (AvgIpc) is 1.59. The van der Waals surface area contributed by atoms with E-state index >= 15 is 0 Å². The zero-order valence-electron chi connectivity index (χ0n) is 6.11. The second-order valence-corrected chi connectivity index (χ2v) is 5.92. The molecule has 0 amide bonds. The maximum Gasteiger partial charge on any atom is 0.430 e. The summed E-state index contributed by atoms with van der Waals surface area (Å²) in [5.74, 6) is 0. The van der Waals surface area contributed by atoms with E-state index in [0.29, 0.717) is 0 Å². The molecule has 10 heavy (non-hydrogen) atoms. The van der Waals surface area contributed by atoms with E-state index in [1.807, 2.05) is 13.8 Å². The Bertz CT molecular complexity index is 185. The Morgan fingerprint density at radius 3 is 2.40 bits per heavy atom. The van der Waals surface area contributed by atoms with E-state index in [9.17, 15) is 4.21 Å². The van der Waals surface area contributed by atoms with Crippen LogP contribution < -0.4 is 0 Å². The van der Waals surface area contributed by atoms with Gasteiger partial charge in [0.25, 0.3) is 10.3 Å². The molecule has 1 unspecified atom stereocenters. The summed E-state index contributed by atoms with van der Waals surface area (Å²) < 4.78 is 27.3. The molecular formula is C5H13O3S2+. The summed E-state index contributed by atoms with van der Waals surface area (Å²) in [6.45, 7) is 3.81. The molecule has 3 nitrogen and oxygen atoms in total. The quantitative estimate of drug-likeness (QED) is 0.653. The van der Waals surface area contributed by atoms with Gasteiger partial charge < -0.3 is 0 Å². The van der Waals surface area contributed by atoms with Gasteiger partial charge >= 0.3 is 9.05 Å². The van der Waals surface area contributed by atoms with Crippen LogP contribution in [0.3, 0.4) is 0 Å². The lowest BCUT2D eigenvalue weighted by atomic mass is 10.3. The van der Waals surface area contributed by atoms with Gasteiger partial charge in [-0.1, -0.05) is 13.3 Å². The van der Waals surface area contributed by atoms with Crippen LogP contribution in [0.25, 0.3) is 0 Å². The van der Waals surface area contributed by atoms with Gasteiger partial charge in [0.2, 0.25) is 0 Å². The Balaban J connectivity index is 4.01. The highest BCUT2D eigenvalue weighted by molar-refractivity contribution is 8.34. The Morgan fingerprint density at radius 2 is 2.10 bits per heavy atom. The molecule has 0 saturated heterocycles. The van der Waals surface area contributed by atoms with Crippen molar-refractivity contribution >= 4 is 19.4 Å². The summed E-state index contributed by atoms with van der Waals surface area (Å²) in [7, 11) is -2.86. The predicted octanol–water partition coefficient (Wildman–Crippen LogP) is 1.40. The third-order valence-corrected chi connectivity index (χ3v) is 3.54. The van der Waals surface area contributed by atoms with E-state index in [-0.39, 0.29) is 5.25 Å². The van der Waals surface area contributed by atoms with Gasteiger partial charge in [0.05, 0.1) is 0 Å². The van der Waals surface area contributed by atoms with Crippen LogP contribution in [0.15, 0.2) is 0 Å². The highest BCUT2D eigenvalue weighted by atomic mass is 32.9. The fraction of sp³-hybridized carbons (Fsp3) is 1.00. The van der Waals surface area contributed by atoms with Gasteiger partial charge in [0.1, 0.15) is 0 Å². The fourth-order valence-electron chi connectivity index (χ4n) is 0.669. The fourth-order valence-corrected chi connectivity index (χ4v) is 3.00. The van der Waals surface area contributed by atoms with Crippen LogP contribution in [-0.4, -0.2) is 18.6 Å². The smallest absolute Gasteiger partial charge is 0.251 e. The van der Waals surface area contributed by atoms with Gasteiger partial charge in [-0.3, -0.25) is 9.11 Å². The van der Waals surface area contributed by atoms with Gasteiger partial charge in [-0.15, -0.1) is 0 Å². The molecule has 0 fully saturated rings. The zero-order valence-corrected chi connectivity index (χ0v) is 7.74. The van der Waals surface area contributed by atoms with Crippen molar-refractivity contribution in [1.82, 2.24) is 0 Å². The second kappa shape index (κ2) is 4.23. The van der Waals surface area contributed by atoms with Crippen molar-refractivity contribution in [3.05, 3.63) is 0 Å². The molecule has 1 atom stereocenters. The number of hydrogen-bond acceptors (Lipinski definition) is 1. The molecule has 0 bridgehead atoms. The molecule has 0 aromatic carbocycles. The zero-order chi connectivity index (χ0) is 8.20. The van der Waals surface area contributed by atoms with E-state index in [1.165, 1.54) is 0 Å². The van der Waals surface area contributed by atoms with Gasteiger partial charge in [0.15, 0.2) is 5.25 Å². The summed E-state index contributed by atoms with van der Waals surface area (Å²) in [5.41, 5.74) is 0. The third kappa shape index (κ3) is 6.41. The van der Waals surface area contributed by atoms with E-state index in [0.717, 1.165) is 23.2 Å². The lowest BCUT2D eigenvalue weighted by Gasteiger charge is -1.88. The molecule has 0 aliphatic rings. The molecule has 0 aromatic heterocycles. The highest BCUT2D eigenvalue weighted by Crippen LogP contribution is 1.99. The molecule has 0 aliphatic heterocycles. The van der Waals surface area contributed by atoms with Crippen LogP contribution in [0.1, 0.15) is 26.7 Å². The van der Waals surface area contributed by atoms with Crippen molar-refractivity contribution in [3.8, 4) is 0 Å². The van der Waals surface area contributed by atoms with Crippen molar-refractivity contribution in [3.63, 3.8) is 0 Å². The minimum Gasteiger partial charge on any atom is -0.251 e. The molecule has 0 aromatic rings. The molecule has 62 valence electrons. The van der Waals surface area contributed by atoms with Crippen LogP contribution in [0, 0.1) is 0 Å². The minimum absolute atomic E-state index is 0.0486. The van der Waals surface area contributed by atoms with Crippen molar-refractivity contribution in [2.24, 2.45) is 0 Å². The van der Waals surface area contributed by atoms with E-state index < -0.39 is 9.05 Å². The van der Waals surface area contributed by atoms with Gasteiger partial charge in [-0.05, 0) is 6.92 Å². The standard InChI is InChI=1S/C5H12O3S2/c1-3-4-5(2)9-10(6,7)8/h5H,3-4H2,1-2H3,(H-,6,7,8)/p+1. The summed E-state index contributed by atoms with van der Waals surface area (Å²) >= 11 is 0. The van der Waals surface area contributed by atoms with Crippen LogP contribution in [0.2, 0.25) is 0 Å². The molecule has 0 rings (SSSR count). The molecule has 2 N–H and O–H groups in total.